The molecule has 0 radical (unpaired) electrons. The molecule has 0 aromatic heterocycles. The van der Waals surface area contributed by atoms with E-state index >= 15 is 0 Å². The van der Waals surface area contributed by atoms with Gasteiger partial charge in [0.1, 0.15) is 11.5 Å². The van der Waals surface area contributed by atoms with Gasteiger partial charge in [-0.05, 0) is 54.5 Å². The first kappa shape index (κ1) is 15.9. The van der Waals surface area contributed by atoms with Gasteiger partial charge >= 0.3 is 5.97 Å². The predicted molar refractivity (Wildman–Crippen MR) is 104 cm³/mol. The zero-order chi connectivity index (χ0) is 18.3. The molecule has 2 aromatic carbocycles. The molecule has 2 aromatic rings. The zero-order valence-electron chi connectivity index (χ0n) is 15.9. The molecule has 0 N–H and O–H groups in total. The number of ether oxygens (including phenoxy) is 1. The van der Waals surface area contributed by atoms with Gasteiger partial charge < -0.3 is 4.74 Å². The fraction of sp³-hybridized carbons (Fsp3) is 0.458. The number of hydrogen-bond acceptors (Lipinski definition) is 3. The number of esters is 1. The van der Waals surface area contributed by atoms with E-state index in [0.717, 1.165) is 46.9 Å². The van der Waals surface area contributed by atoms with Crippen molar-refractivity contribution < 1.29 is 9.53 Å². The number of piperidine rings is 2. The molecule has 2 aliphatic carbocycles. The van der Waals surface area contributed by atoms with Crippen LogP contribution in [0.3, 0.4) is 0 Å². The zero-order valence-corrected chi connectivity index (χ0v) is 15.9. The molecule has 0 spiro atoms. The number of carbonyl (C=O) groups is 1. The van der Waals surface area contributed by atoms with E-state index in [-0.39, 0.29) is 12.1 Å². The molecule has 5 atom stereocenters. The van der Waals surface area contributed by atoms with Gasteiger partial charge in [0, 0.05) is 24.9 Å². The Morgan fingerprint density at radius 2 is 1.44 bits per heavy atom. The van der Waals surface area contributed by atoms with E-state index in [4.69, 9.17) is 4.74 Å². The first-order valence-electron chi connectivity index (χ1n) is 10.2. The molecule has 27 heavy (non-hydrogen) atoms. The van der Waals surface area contributed by atoms with Crippen LogP contribution in [0.2, 0.25) is 0 Å². The first-order chi connectivity index (χ1) is 13.1. The van der Waals surface area contributed by atoms with E-state index in [1.807, 2.05) is 31.2 Å². The molecular weight excluding hydrogens is 334 g/mol. The van der Waals surface area contributed by atoms with Crippen LogP contribution in [0, 0.1) is 11.8 Å². The van der Waals surface area contributed by atoms with Crippen molar-refractivity contribution in [3.8, 4) is 11.1 Å². The molecule has 3 unspecified atom stereocenters. The molecule has 1 saturated carbocycles. The maximum atomic E-state index is 13.5. The molecule has 0 amide bonds. The smallest absolute Gasteiger partial charge is 0.321 e. The maximum absolute atomic E-state index is 13.5. The molecule has 2 aliphatic heterocycles. The van der Waals surface area contributed by atoms with Crippen LogP contribution >= 0.6 is 0 Å². The second kappa shape index (κ2) is 5.23. The van der Waals surface area contributed by atoms with Gasteiger partial charge in [-0.25, -0.2) is 0 Å². The fourth-order valence-electron chi connectivity index (χ4n) is 6.33. The maximum Gasteiger partial charge on any atom is 0.321 e. The van der Waals surface area contributed by atoms with Crippen molar-refractivity contribution in [2.45, 2.75) is 49.8 Å². The number of fused-ring (bicyclic) bond motifs is 8. The third-order valence-corrected chi connectivity index (χ3v) is 7.84. The highest BCUT2D eigenvalue weighted by Crippen LogP contribution is 2.58. The van der Waals surface area contributed by atoms with Crippen molar-refractivity contribution in [1.82, 2.24) is 4.90 Å². The third-order valence-electron chi connectivity index (χ3n) is 7.84. The Hall–Kier alpha value is -2.13. The Kier molecular flexibility index (Phi) is 3.08. The lowest BCUT2D eigenvalue weighted by Crippen LogP contribution is -2.48. The summed E-state index contributed by atoms with van der Waals surface area (Å²) in [6, 6.07) is 17.8. The van der Waals surface area contributed by atoms with Gasteiger partial charge in [-0.15, -0.1) is 0 Å². The largest absolute Gasteiger partial charge is 0.461 e. The second-order valence-electron chi connectivity index (χ2n) is 9.08. The van der Waals surface area contributed by atoms with Crippen LogP contribution < -0.4 is 0 Å². The summed E-state index contributed by atoms with van der Waals surface area (Å²) in [5.74, 6) is 1.63. The summed E-state index contributed by atoms with van der Waals surface area (Å²) in [4.78, 5) is 16.1. The Balaban J connectivity index is 1.33. The van der Waals surface area contributed by atoms with Crippen LogP contribution in [0.25, 0.3) is 11.1 Å². The Morgan fingerprint density at radius 1 is 0.926 bits per heavy atom. The van der Waals surface area contributed by atoms with Crippen molar-refractivity contribution in [1.29, 1.82) is 0 Å². The van der Waals surface area contributed by atoms with Crippen molar-refractivity contribution >= 4 is 5.97 Å². The summed E-state index contributed by atoms with van der Waals surface area (Å²) in [5, 5.41) is 0. The van der Waals surface area contributed by atoms with Crippen molar-refractivity contribution in [3.63, 3.8) is 0 Å². The summed E-state index contributed by atoms with van der Waals surface area (Å²) in [6.45, 7) is 2.04. The Morgan fingerprint density at radius 3 is 2.00 bits per heavy atom. The third kappa shape index (κ3) is 1.98. The van der Waals surface area contributed by atoms with E-state index in [9.17, 15) is 4.79 Å². The van der Waals surface area contributed by atoms with Gasteiger partial charge in [0.2, 0.25) is 0 Å². The topological polar surface area (TPSA) is 29.5 Å². The lowest BCUT2D eigenvalue weighted by atomic mass is 9.80. The molecule has 2 bridgehead atoms. The van der Waals surface area contributed by atoms with E-state index in [2.05, 4.69) is 36.2 Å². The van der Waals surface area contributed by atoms with Crippen LogP contribution in [0.1, 0.15) is 37.3 Å². The number of hydrogen-bond donors (Lipinski definition) is 0. The normalized spacial score (nSPS) is 34.5. The Labute approximate surface area is 160 Å². The number of nitrogens with zero attached hydrogens (tertiary/aromatic N) is 1. The SMILES string of the molecule is CN1C2CC(OC(=O)C3(C)c4ccccc4-c4ccccc43)C[C@H]1[C@H]1CC21. The lowest BCUT2D eigenvalue weighted by molar-refractivity contribution is -0.157. The van der Waals surface area contributed by atoms with Crippen LogP contribution in [0.15, 0.2) is 48.5 Å². The summed E-state index contributed by atoms with van der Waals surface area (Å²) >= 11 is 0. The molecule has 3 fully saturated rings. The highest BCUT2D eigenvalue weighted by molar-refractivity contribution is 5.97. The monoisotopic (exact) mass is 359 g/mol. The fourth-order valence-corrected chi connectivity index (χ4v) is 6.33. The average Bonchev–Trinajstić information content (AvgIpc) is 3.40. The van der Waals surface area contributed by atoms with Gasteiger partial charge in [0.15, 0.2) is 0 Å². The minimum atomic E-state index is -0.710. The van der Waals surface area contributed by atoms with E-state index in [1.54, 1.807) is 0 Å². The lowest BCUT2D eigenvalue weighted by Gasteiger charge is -2.39. The summed E-state index contributed by atoms with van der Waals surface area (Å²) in [6.07, 6.45) is 3.45. The summed E-state index contributed by atoms with van der Waals surface area (Å²) in [7, 11) is 2.25. The molecule has 138 valence electrons. The molecule has 3 nitrogen and oxygen atoms in total. The molecule has 4 aliphatic rings. The van der Waals surface area contributed by atoms with E-state index in [0.29, 0.717) is 12.1 Å². The van der Waals surface area contributed by atoms with Gasteiger partial charge in [-0.1, -0.05) is 48.5 Å². The quantitative estimate of drug-likeness (QED) is 0.759. The van der Waals surface area contributed by atoms with Gasteiger partial charge in [0.25, 0.3) is 0 Å². The average molecular weight is 359 g/mol. The highest BCUT2D eigenvalue weighted by Gasteiger charge is 2.61. The van der Waals surface area contributed by atoms with Gasteiger partial charge in [-0.3, -0.25) is 9.69 Å². The summed E-state index contributed by atoms with van der Waals surface area (Å²) < 4.78 is 6.22. The number of benzene rings is 2. The van der Waals surface area contributed by atoms with Gasteiger partial charge in [-0.2, -0.15) is 0 Å². The van der Waals surface area contributed by atoms with Crippen molar-refractivity contribution in [3.05, 3.63) is 59.7 Å². The van der Waals surface area contributed by atoms with Crippen molar-refractivity contribution in [2.75, 3.05) is 7.05 Å². The molecule has 2 saturated heterocycles. The molecule has 3 heteroatoms. The Bertz CT molecular complexity index is 887. The predicted octanol–water partition coefficient (Wildman–Crippen LogP) is 4.00. The van der Waals surface area contributed by atoms with Crippen LogP contribution in [-0.4, -0.2) is 36.1 Å². The van der Waals surface area contributed by atoms with Crippen LogP contribution in [0.5, 0.6) is 0 Å². The highest BCUT2D eigenvalue weighted by atomic mass is 16.5. The van der Waals surface area contributed by atoms with E-state index < -0.39 is 5.41 Å². The van der Waals surface area contributed by atoms with Crippen LogP contribution in [0.4, 0.5) is 0 Å². The number of rotatable bonds is 2. The van der Waals surface area contributed by atoms with E-state index in [1.165, 1.54) is 6.42 Å². The number of carbonyl (C=O) groups excluding carboxylic acids is 1. The minimum Gasteiger partial charge on any atom is -0.461 e. The molecule has 6 rings (SSSR count). The molecule has 2 heterocycles. The summed E-state index contributed by atoms with van der Waals surface area (Å²) in [5.41, 5.74) is 3.78. The standard InChI is InChI=1S/C24H25NO2/c1-24(19-9-5-3-7-15(19)16-8-4-6-10-20(16)24)23(26)27-14-11-21-17-13-18(17)22(12-14)25(21)2/h3-10,14,17-18,21-22H,11-13H2,1-2H3/t14?,17-,18?,21-,22?/m0/s1. The van der Waals surface area contributed by atoms with Gasteiger partial charge in [0.05, 0.1) is 0 Å². The van der Waals surface area contributed by atoms with Crippen LogP contribution in [-0.2, 0) is 14.9 Å². The first-order valence-corrected chi connectivity index (χ1v) is 10.2. The van der Waals surface area contributed by atoms with Crippen molar-refractivity contribution in [2.24, 2.45) is 11.8 Å². The second-order valence-corrected chi connectivity index (χ2v) is 9.08. The minimum absolute atomic E-state index is 0.0632. The molecular formula is C24H25NO2.